The van der Waals surface area contributed by atoms with Gasteiger partial charge in [-0.15, -0.1) is 0 Å². The molecule has 1 unspecified atom stereocenters. The van der Waals surface area contributed by atoms with Gasteiger partial charge in [0.05, 0.1) is 35.4 Å². The average Bonchev–Trinajstić information content (AvgIpc) is 3.38. The summed E-state index contributed by atoms with van der Waals surface area (Å²) in [6, 6.07) is 17.0. The summed E-state index contributed by atoms with van der Waals surface area (Å²) in [6.07, 6.45) is -3.48. The highest BCUT2D eigenvalue weighted by atomic mass is 32.2. The van der Waals surface area contributed by atoms with E-state index in [0.29, 0.717) is 23.5 Å². The van der Waals surface area contributed by atoms with Gasteiger partial charge in [-0.3, -0.25) is 4.79 Å². The van der Waals surface area contributed by atoms with Crippen molar-refractivity contribution >= 4 is 27.1 Å². The molecule has 202 valence electrons. The third-order valence-electron chi connectivity index (χ3n) is 6.73. The molecule has 4 rings (SSSR count). The number of carbonyl (C=O) groups excluding carboxylic acids is 1. The van der Waals surface area contributed by atoms with Gasteiger partial charge in [-0.1, -0.05) is 31.2 Å². The molecule has 0 saturated carbocycles. The highest BCUT2D eigenvalue weighted by Crippen LogP contribution is 2.38. The third-order valence-corrected chi connectivity index (χ3v) is 8.48. The fraction of sp³-hybridized carbons (Fsp3) is 0.321. The zero-order valence-corrected chi connectivity index (χ0v) is 21.9. The summed E-state index contributed by atoms with van der Waals surface area (Å²) < 4.78 is 68.1. The molecule has 1 atom stereocenters. The van der Waals surface area contributed by atoms with Gasteiger partial charge >= 0.3 is 6.18 Å². The summed E-state index contributed by atoms with van der Waals surface area (Å²) in [7, 11) is -1.76. The molecule has 38 heavy (non-hydrogen) atoms. The minimum absolute atomic E-state index is 0.0117. The Bertz CT molecular complexity index is 1390. The molecule has 10 heteroatoms. The average molecular weight is 547 g/mol. The van der Waals surface area contributed by atoms with Gasteiger partial charge in [0.2, 0.25) is 5.91 Å². The Morgan fingerprint density at radius 1 is 1.05 bits per heavy atom. The number of halogens is 3. The largest absolute Gasteiger partial charge is 0.495 e. The molecule has 1 aliphatic heterocycles. The Morgan fingerprint density at radius 2 is 1.74 bits per heavy atom. The number of alkyl halides is 3. The molecule has 6 nitrogen and oxygen atoms in total. The normalized spacial score (nSPS) is 15.9. The molecule has 1 saturated heterocycles. The van der Waals surface area contributed by atoms with Crippen molar-refractivity contribution in [3.8, 4) is 5.75 Å². The van der Waals surface area contributed by atoms with Crippen LogP contribution >= 0.6 is 0 Å². The molecule has 3 aromatic rings. The molecule has 1 amide bonds. The summed E-state index contributed by atoms with van der Waals surface area (Å²) in [5, 5.41) is 2.84. The van der Waals surface area contributed by atoms with Crippen molar-refractivity contribution in [1.82, 2.24) is 0 Å². The van der Waals surface area contributed by atoms with Crippen LogP contribution in [0.4, 0.5) is 24.5 Å². The van der Waals surface area contributed by atoms with Gasteiger partial charge in [0.25, 0.3) is 0 Å². The Kier molecular flexibility index (Phi) is 8.01. The summed E-state index contributed by atoms with van der Waals surface area (Å²) >= 11 is 0. The monoisotopic (exact) mass is 546 g/mol. The Morgan fingerprint density at radius 3 is 2.34 bits per heavy atom. The first-order valence-corrected chi connectivity index (χ1v) is 13.9. The fourth-order valence-electron chi connectivity index (χ4n) is 4.58. The maximum Gasteiger partial charge on any atom is 0.416 e. The SMILES string of the molecule is CCS(=O)(=O)c1ccc(CC(=O)Nc2ccc(N3CCC(c4ccc(C(F)(F)F)cc4)C3)c(OC)c2)cc1. The predicted molar refractivity (Wildman–Crippen MR) is 141 cm³/mol. The first-order valence-electron chi connectivity index (χ1n) is 12.2. The number of benzene rings is 3. The molecule has 1 aliphatic rings. The van der Waals surface area contributed by atoms with Crippen molar-refractivity contribution in [2.45, 2.75) is 36.8 Å². The number of hydrogen-bond donors (Lipinski definition) is 1. The second kappa shape index (κ2) is 11.1. The van der Waals surface area contributed by atoms with Gasteiger partial charge < -0.3 is 15.0 Å². The predicted octanol–water partition coefficient (Wildman–Crippen LogP) is 5.68. The van der Waals surface area contributed by atoms with Crippen LogP contribution in [-0.4, -0.2) is 40.3 Å². The number of nitrogens with zero attached hydrogens (tertiary/aromatic N) is 1. The highest BCUT2D eigenvalue weighted by molar-refractivity contribution is 7.91. The maximum atomic E-state index is 12.9. The lowest BCUT2D eigenvalue weighted by Gasteiger charge is -2.22. The lowest BCUT2D eigenvalue weighted by atomic mass is 9.97. The maximum absolute atomic E-state index is 12.9. The quantitative estimate of drug-likeness (QED) is 0.393. The van der Waals surface area contributed by atoms with E-state index in [1.807, 2.05) is 6.07 Å². The number of nitrogens with one attached hydrogen (secondary N) is 1. The van der Waals surface area contributed by atoms with Gasteiger partial charge in [0.15, 0.2) is 9.84 Å². The summed E-state index contributed by atoms with van der Waals surface area (Å²) in [5.41, 5.74) is 2.29. The van der Waals surface area contributed by atoms with E-state index in [4.69, 9.17) is 4.74 Å². The number of anilines is 2. The van der Waals surface area contributed by atoms with Gasteiger partial charge in [-0.2, -0.15) is 13.2 Å². The van der Waals surface area contributed by atoms with E-state index in [1.54, 1.807) is 50.4 Å². The zero-order valence-electron chi connectivity index (χ0n) is 21.1. The first kappa shape index (κ1) is 27.5. The number of hydrogen-bond acceptors (Lipinski definition) is 5. The van der Waals surface area contributed by atoms with Crippen LogP contribution in [0.25, 0.3) is 0 Å². The number of amides is 1. The molecule has 3 aromatic carbocycles. The number of carbonyl (C=O) groups is 1. The van der Waals surface area contributed by atoms with Crippen LogP contribution in [0.5, 0.6) is 5.75 Å². The zero-order chi connectivity index (χ0) is 27.5. The molecule has 1 N–H and O–H groups in total. The van der Waals surface area contributed by atoms with Crippen LogP contribution in [0.1, 0.15) is 36.0 Å². The lowest BCUT2D eigenvalue weighted by molar-refractivity contribution is -0.137. The van der Waals surface area contributed by atoms with Crippen molar-refractivity contribution in [3.63, 3.8) is 0 Å². The molecular formula is C28H29F3N2O4S. The molecular weight excluding hydrogens is 517 g/mol. The third kappa shape index (κ3) is 6.30. The van der Waals surface area contributed by atoms with Crippen molar-refractivity contribution in [1.29, 1.82) is 0 Å². The van der Waals surface area contributed by atoms with Crippen molar-refractivity contribution in [3.05, 3.63) is 83.4 Å². The Hall–Kier alpha value is -3.53. The molecule has 1 heterocycles. The Balaban J connectivity index is 1.39. The molecule has 0 aromatic heterocycles. The molecule has 1 fully saturated rings. The first-order chi connectivity index (χ1) is 18.0. The van der Waals surface area contributed by atoms with E-state index in [9.17, 15) is 26.4 Å². The molecule has 0 aliphatic carbocycles. The summed E-state index contributed by atoms with van der Waals surface area (Å²) in [4.78, 5) is 14.9. The minimum atomic E-state index is -4.35. The van der Waals surface area contributed by atoms with E-state index in [2.05, 4.69) is 10.2 Å². The molecule has 0 bridgehead atoms. The number of rotatable bonds is 8. The standard InChI is InChI=1S/C28H29F3N2O4S/c1-3-38(35,36)24-11-4-19(5-12-24)16-27(34)32-23-10-13-25(26(17-23)37-2)33-15-14-21(18-33)20-6-8-22(9-7-20)28(29,30)31/h4-13,17,21H,3,14-16,18H2,1-2H3,(H,32,34). The second-order valence-electron chi connectivity index (χ2n) is 9.21. The van der Waals surface area contributed by atoms with E-state index in [-0.39, 0.29) is 28.9 Å². The van der Waals surface area contributed by atoms with Crippen LogP contribution in [-0.2, 0) is 27.2 Å². The van der Waals surface area contributed by atoms with Crippen LogP contribution in [0, 0.1) is 0 Å². The van der Waals surface area contributed by atoms with E-state index in [0.717, 1.165) is 36.3 Å². The Labute approximate surface area is 220 Å². The van der Waals surface area contributed by atoms with E-state index in [1.165, 1.54) is 12.1 Å². The van der Waals surface area contributed by atoms with Crippen molar-refractivity contribution < 1.29 is 31.1 Å². The van der Waals surface area contributed by atoms with Crippen LogP contribution in [0.3, 0.4) is 0 Å². The molecule has 0 spiro atoms. The van der Waals surface area contributed by atoms with Crippen LogP contribution in [0.15, 0.2) is 71.6 Å². The van der Waals surface area contributed by atoms with Gasteiger partial charge in [0.1, 0.15) is 5.75 Å². The lowest BCUT2D eigenvalue weighted by Crippen LogP contribution is -2.20. The fourth-order valence-corrected chi connectivity index (χ4v) is 5.47. The van der Waals surface area contributed by atoms with Crippen molar-refractivity contribution in [2.75, 3.05) is 36.2 Å². The molecule has 0 radical (unpaired) electrons. The van der Waals surface area contributed by atoms with Gasteiger partial charge in [-0.25, -0.2) is 8.42 Å². The van der Waals surface area contributed by atoms with Crippen LogP contribution in [0.2, 0.25) is 0 Å². The topological polar surface area (TPSA) is 75.7 Å². The second-order valence-corrected chi connectivity index (χ2v) is 11.5. The summed E-state index contributed by atoms with van der Waals surface area (Å²) in [5.74, 6) is 0.428. The van der Waals surface area contributed by atoms with E-state index >= 15 is 0 Å². The number of ether oxygens (including phenoxy) is 1. The highest BCUT2D eigenvalue weighted by Gasteiger charge is 2.31. The number of methoxy groups -OCH3 is 1. The van der Waals surface area contributed by atoms with Crippen molar-refractivity contribution in [2.24, 2.45) is 0 Å². The minimum Gasteiger partial charge on any atom is -0.495 e. The number of sulfone groups is 1. The summed E-state index contributed by atoms with van der Waals surface area (Å²) in [6.45, 7) is 2.94. The van der Waals surface area contributed by atoms with Gasteiger partial charge in [0, 0.05) is 30.8 Å². The van der Waals surface area contributed by atoms with Gasteiger partial charge in [-0.05, 0) is 53.9 Å². The van der Waals surface area contributed by atoms with E-state index < -0.39 is 21.6 Å². The van der Waals surface area contributed by atoms with Crippen LogP contribution < -0.4 is 15.0 Å². The smallest absolute Gasteiger partial charge is 0.416 e.